The van der Waals surface area contributed by atoms with E-state index in [9.17, 15) is 0 Å². The van der Waals surface area contributed by atoms with Crippen molar-refractivity contribution in [3.63, 3.8) is 0 Å². The van der Waals surface area contributed by atoms with Crippen molar-refractivity contribution in [3.8, 4) is 0 Å². The van der Waals surface area contributed by atoms with Gasteiger partial charge < -0.3 is 15.1 Å². The molecule has 1 N–H and O–H groups in total. The molecule has 0 amide bonds. The summed E-state index contributed by atoms with van der Waals surface area (Å²) in [6.07, 6.45) is 6.57. The number of rotatable bonds is 5. The highest BCUT2D eigenvalue weighted by Gasteiger charge is 2.19. The van der Waals surface area contributed by atoms with Gasteiger partial charge in [-0.25, -0.2) is 9.97 Å². The van der Waals surface area contributed by atoms with E-state index in [1.165, 1.54) is 0 Å². The van der Waals surface area contributed by atoms with Gasteiger partial charge in [0.15, 0.2) is 5.13 Å². The van der Waals surface area contributed by atoms with Crippen molar-refractivity contribution in [3.05, 3.63) is 24.0 Å². The summed E-state index contributed by atoms with van der Waals surface area (Å²) in [5, 5.41) is 6.42. The monoisotopic (exact) mass is 304 g/mol. The lowest BCUT2D eigenvalue weighted by Gasteiger charge is -2.35. The van der Waals surface area contributed by atoms with E-state index in [1.54, 1.807) is 17.5 Å². The molecule has 1 aliphatic rings. The normalized spacial score (nSPS) is 15.3. The second-order valence-electron chi connectivity index (χ2n) is 4.98. The van der Waals surface area contributed by atoms with Gasteiger partial charge in [0.05, 0.1) is 12.4 Å². The van der Waals surface area contributed by atoms with E-state index in [0.717, 1.165) is 55.9 Å². The maximum atomic E-state index is 4.64. The second-order valence-corrected chi connectivity index (χ2v) is 5.85. The third-order valence-electron chi connectivity index (χ3n) is 3.47. The van der Waals surface area contributed by atoms with Crippen molar-refractivity contribution < 1.29 is 0 Å². The molecule has 112 valence electrons. The van der Waals surface area contributed by atoms with Crippen LogP contribution in [0, 0.1) is 0 Å². The zero-order valence-corrected chi connectivity index (χ0v) is 13.0. The maximum Gasteiger partial charge on any atom is 0.185 e. The summed E-state index contributed by atoms with van der Waals surface area (Å²) in [6.45, 7) is 6.92. The van der Waals surface area contributed by atoms with Crippen LogP contribution in [-0.4, -0.2) is 47.7 Å². The molecule has 1 saturated heterocycles. The Hall–Kier alpha value is -1.89. The van der Waals surface area contributed by atoms with Crippen LogP contribution in [0.1, 0.15) is 13.3 Å². The van der Waals surface area contributed by atoms with E-state index in [0.29, 0.717) is 0 Å². The number of nitrogens with zero attached hydrogens (tertiary/aromatic N) is 5. The van der Waals surface area contributed by atoms with Crippen LogP contribution < -0.4 is 15.1 Å². The maximum absolute atomic E-state index is 4.64. The van der Waals surface area contributed by atoms with Crippen molar-refractivity contribution in [1.29, 1.82) is 0 Å². The molecular formula is C14H20N6S. The molecule has 3 heterocycles. The summed E-state index contributed by atoms with van der Waals surface area (Å²) in [4.78, 5) is 17.9. The first kappa shape index (κ1) is 14.1. The summed E-state index contributed by atoms with van der Waals surface area (Å²) in [5.74, 6) is 1.81. The largest absolute Gasteiger partial charge is 0.369 e. The molecule has 0 unspecified atom stereocenters. The van der Waals surface area contributed by atoms with Crippen molar-refractivity contribution in [1.82, 2.24) is 15.0 Å². The molecule has 6 nitrogen and oxygen atoms in total. The number of hydrogen-bond donors (Lipinski definition) is 1. The number of piperazine rings is 1. The molecule has 3 rings (SSSR count). The molecule has 0 spiro atoms. The van der Waals surface area contributed by atoms with Crippen LogP contribution in [0.15, 0.2) is 24.0 Å². The van der Waals surface area contributed by atoms with Crippen LogP contribution in [0.5, 0.6) is 0 Å². The standard InChI is InChI=1S/C14H20N6S/c1-2-3-16-12-10-15-11-13(18-12)19-5-7-20(8-6-19)14-17-4-9-21-14/h4,9-11H,2-3,5-8H2,1H3,(H,16,18). The molecule has 0 aliphatic carbocycles. The Morgan fingerprint density at radius 2 is 2.00 bits per heavy atom. The smallest absolute Gasteiger partial charge is 0.185 e. The minimum atomic E-state index is 0.858. The first-order chi connectivity index (χ1) is 10.4. The van der Waals surface area contributed by atoms with Gasteiger partial charge in [-0.1, -0.05) is 6.92 Å². The number of nitrogens with one attached hydrogen (secondary N) is 1. The Labute approximate surface area is 128 Å². The summed E-state index contributed by atoms with van der Waals surface area (Å²) in [7, 11) is 0. The lowest BCUT2D eigenvalue weighted by Crippen LogP contribution is -2.46. The fourth-order valence-electron chi connectivity index (χ4n) is 2.35. The zero-order chi connectivity index (χ0) is 14.5. The summed E-state index contributed by atoms with van der Waals surface area (Å²) in [6, 6.07) is 0. The number of anilines is 3. The van der Waals surface area contributed by atoms with E-state index >= 15 is 0 Å². The Balaban J connectivity index is 1.61. The number of thiazole rings is 1. The Bertz CT molecular complexity index is 550. The Morgan fingerprint density at radius 1 is 1.19 bits per heavy atom. The molecule has 0 saturated carbocycles. The van der Waals surface area contributed by atoms with Crippen LogP contribution in [-0.2, 0) is 0 Å². The van der Waals surface area contributed by atoms with Gasteiger partial charge in [-0.3, -0.25) is 4.98 Å². The molecule has 1 aliphatic heterocycles. The summed E-state index contributed by atoms with van der Waals surface area (Å²) < 4.78 is 0. The lowest BCUT2D eigenvalue weighted by atomic mass is 10.3. The second kappa shape index (κ2) is 6.71. The van der Waals surface area contributed by atoms with Crippen molar-refractivity contribution >= 4 is 28.1 Å². The minimum absolute atomic E-state index is 0.858. The van der Waals surface area contributed by atoms with Crippen LogP contribution in [0.25, 0.3) is 0 Å². The van der Waals surface area contributed by atoms with Gasteiger partial charge in [-0.15, -0.1) is 11.3 Å². The fourth-order valence-corrected chi connectivity index (χ4v) is 3.04. The van der Waals surface area contributed by atoms with Crippen LogP contribution >= 0.6 is 11.3 Å². The van der Waals surface area contributed by atoms with Gasteiger partial charge in [0.1, 0.15) is 11.6 Å². The highest BCUT2D eigenvalue weighted by Crippen LogP contribution is 2.21. The first-order valence-corrected chi connectivity index (χ1v) is 8.20. The fraction of sp³-hybridized carbons (Fsp3) is 0.500. The highest BCUT2D eigenvalue weighted by atomic mass is 32.1. The molecule has 2 aromatic heterocycles. The van der Waals surface area contributed by atoms with Crippen molar-refractivity contribution in [2.24, 2.45) is 0 Å². The van der Waals surface area contributed by atoms with E-state index < -0.39 is 0 Å². The molecule has 0 aromatic carbocycles. The van der Waals surface area contributed by atoms with Crippen molar-refractivity contribution in [2.45, 2.75) is 13.3 Å². The minimum Gasteiger partial charge on any atom is -0.369 e. The van der Waals surface area contributed by atoms with Crippen LogP contribution in [0.2, 0.25) is 0 Å². The van der Waals surface area contributed by atoms with Crippen LogP contribution in [0.3, 0.4) is 0 Å². The van der Waals surface area contributed by atoms with Gasteiger partial charge in [0, 0.05) is 44.3 Å². The van der Waals surface area contributed by atoms with Gasteiger partial charge in [0.2, 0.25) is 0 Å². The third kappa shape index (κ3) is 3.41. The van der Waals surface area contributed by atoms with E-state index in [-0.39, 0.29) is 0 Å². The average Bonchev–Trinajstić information content (AvgIpc) is 3.08. The van der Waals surface area contributed by atoms with Gasteiger partial charge in [-0.2, -0.15) is 0 Å². The van der Waals surface area contributed by atoms with Gasteiger partial charge in [0.25, 0.3) is 0 Å². The van der Waals surface area contributed by atoms with Crippen molar-refractivity contribution in [2.75, 3.05) is 47.8 Å². The molecule has 7 heteroatoms. The van der Waals surface area contributed by atoms with Gasteiger partial charge in [-0.05, 0) is 6.42 Å². The highest BCUT2D eigenvalue weighted by molar-refractivity contribution is 7.13. The van der Waals surface area contributed by atoms with Gasteiger partial charge >= 0.3 is 0 Å². The lowest BCUT2D eigenvalue weighted by molar-refractivity contribution is 0.645. The number of aromatic nitrogens is 3. The SMILES string of the molecule is CCCNc1cncc(N2CCN(c3nccs3)CC2)n1. The summed E-state index contributed by atoms with van der Waals surface area (Å²) >= 11 is 1.70. The molecule has 0 radical (unpaired) electrons. The first-order valence-electron chi connectivity index (χ1n) is 7.32. The molecule has 2 aromatic rings. The molecule has 1 fully saturated rings. The van der Waals surface area contributed by atoms with E-state index in [4.69, 9.17) is 0 Å². The molecule has 0 atom stereocenters. The topological polar surface area (TPSA) is 57.2 Å². The average molecular weight is 304 g/mol. The predicted octanol–water partition coefficient (Wildman–Crippen LogP) is 2.08. The number of hydrogen-bond acceptors (Lipinski definition) is 7. The molecule has 0 bridgehead atoms. The Morgan fingerprint density at radius 3 is 2.71 bits per heavy atom. The quantitative estimate of drug-likeness (QED) is 0.913. The van der Waals surface area contributed by atoms with E-state index in [1.807, 2.05) is 17.8 Å². The van der Waals surface area contributed by atoms with Crippen LogP contribution in [0.4, 0.5) is 16.8 Å². The summed E-state index contributed by atoms with van der Waals surface area (Å²) in [5.41, 5.74) is 0. The third-order valence-corrected chi connectivity index (χ3v) is 4.30. The molecular weight excluding hydrogens is 284 g/mol. The zero-order valence-electron chi connectivity index (χ0n) is 12.2. The van der Waals surface area contributed by atoms with E-state index in [2.05, 4.69) is 37.0 Å². The Kier molecular flexibility index (Phi) is 4.49. The molecule has 21 heavy (non-hydrogen) atoms. The predicted molar refractivity (Wildman–Crippen MR) is 87.4 cm³/mol.